The largest absolute Gasteiger partial charge is 0.489 e. The normalized spacial score (nSPS) is 12.3. The van der Waals surface area contributed by atoms with Crippen LogP contribution >= 0.6 is 0 Å². The molecule has 0 heterocycles. The number of hydrogen-bond donors (Lipinski definition) is 1. The fourth-order valence-corrected chi connectivity index (χ4v) is 3.00. The number of carbonyl (C=O) groups excluding carboxylic acids is 1. The number of hydrogen-bond acceptors (Lipinski definition) is 4. The summed E-state index contributed by atoms with van der Waals surface area (Å²) in [4.78, 5) is 25.9. The molecule has 1 amide bonds. The zero-order chi connectivity index (χ0) is 22.3. The first kappa shape index (κ1) is 23.3. The summed E-state index contributed by atoms with van der Waals surface area (Å²) in [5.74, 6) is -0.374. The Morgan fingerprint density at radius 2 is 1.57 bits per heavy atom. The minimum atomic E-state index is -1.07. The summed E-state index contributed by atoms with van der Waals surface area (Å²) in [6, 6.07) is 15.8. The van der Waals surface area contributed by atoms with E-state index < -0.39 is 23.7 Å². The second kappa shape index (κ2) is 10.1. The fraction of sp³-hybridized carbons (Fsp3) is 0.417. The molecular weight excluding hydrogens is 382 g/mol. The highest BCUT2D eigenvalue weighted by atomic mass is 16.6. The maximum absolute atomic E-state index is 12.6. The van der Waals surface area contributed by atoms with Crippen molar-refractivity contribution in [2.75, 3.05) is 0 Å². The zero-order valence-electron chi connectivity index (χ0n) is 18.3. The number of carboxylic acids is 1. The first-order valence-electron chi connectivity index (χ1n) is 10.1. The lowest BCUT2D eigenvalue weighted by Crippen LogP contribution is -2.51. The molecule has 2 aromatic rings. The van der Waals surface area contributed by atoms with Crippen molar-refractivity contribution >= 4 is 12.1 Å². The van der Waals surface area contributed by atoms with E-state index in [0.717, 1.165) is 11.1 Å². The van der Waals surface area contributed by atoms with Gasteiger partial charge in [-0.15, -0.1) is 0 Å². The van der Waals surface area contributed by atoms with Gasteiger partial charge in [-0.05, 0) is 57.9 Å². The second-order valence-corrected chi connectivity index (χ2v) is 8.46. The average Bonchev–Trinajstić information content (AvgIpc) is 2.66. The van der Waals surface area contributed by atoms with Crippen molar-refractivity contribution in [3.63, 3.8) is 0 Å². The summed E-state index contributed by atoms with van der Waals surface area (Å²) >= 11 is 0. The molecule has 1 N–H and O–H groups in total. The number of amides is 1. The molecule has 2 aromatic carbocycles. The van der Waals surface area contributed by atoms with Crippen molar-refractivity contribution in [1.82, 2.24) is 4.90 Å². The van der Waals surface area contributed by atoms with E-state index in [1.54, 1.807) is 34.6 Å². The Bertz CT molecular complexity index is 825. The van der Waals surface area contributed by atoms with Crippen LogP contribution in [-0.4, -0.2) is 39.8 Å². The van der Waals surface area contributed by atoms with Crippen LogP contribution in [-0.2, 0) is 22.6 Å². The molecule has 6 nitrogen and oxygen atoms in total. The van der Waals surface area contributed by atoms with Crippen molar-refractivity contribution in [3.8, 4) is 5.75 Å². The maximum atomic E-state index is 12.6. The third-order valence-corrected chi connectivity index (χ3v) is 4.38. The van der Waals surface area contributed by atoms with Crippen molar-refractivity contribution in [2.45, 2.75) is 65.3 Å². The molecule has 0 aliphatic carbocycles. The highest BCUT2D eigenvalue weighted by molar-refractivity contribution is 5.80. The molecule has 162 valence electrons. The molecule has 0 radical (unpaired) electrons. The van der Waals surface area contributed by atoms with Crippen LogP contribution in [0.4, 0.5) is 4.79 Å². The number of rotatable bonds is 8. The summed E-state index contributed by atoms with van der Waals surface area (Å²) in [6.45, 7) is 9.28. The Morgan fingerprint density at radius 1 is 0.967 bits per heavy atom. The number of carboxylic acid groups (broad SMARTS) is 1. The van der Waals surface area contributed by atoms with Gasteiger partial charge in [-0.25, -0.2) is 9.59 Å². The number of carbonyl (C=O) groups is 2. The van der Waals surface area contributed by atoms with Crippen LogP contribution in [0.25, 0.3) is 0 Å². The first-order valence-corrected chi connectivity index (χ1v) is 10.1. The fourth-order valence-electron chi connectivity index (χ4n) is 3.00. The minimum Gasteiger partial charge on any atom is -0.489 e. The Balaban J connectivity index is 2.09. The topological polar surface area (TPSA) is 76.1 Å². The van der Waals surface area contributed by atoms with Gasteiger partial charge in [0.1, 0.15) is 24.0 Å². The molecule has 0 aliphatic rings. The summed E-state index contributed by atoms with van der Waals surface area (Å²) in [5, 5.41) is 9.79. The van der Waals surface area contributed by atoms with Crippen LogP contribution in [0.15, 0.2) is 54.6 Å². The van der Waals surface area contributed by atoms with Gasteiger partial charge in [-0.2, -0.15) is 0 Å². The van der Waals surface area contributed by atoms with E-state index in [-0.39, 0.29) is 12.5 Å². The standard InChI is InChI=1S/C24H31NO5/c1-17(2)25(23(28)30-24(3,4)5)21(22(26)27)15-18-11-13-20(14-12-18)29-16-19-9-7-6-8-10-19/h6-14,17,21H,15-16H2,1-5H3,(H,26,27). The van der Waals surface area contributed by atoms with Gasteiger partial charge >= 0.3 is 12.1 Å². The Labute approximate surface area is 178 Å². The van der Waals surface area contributed by atoms with Gasteiger partial charge in [-0.3, -0.25) is 4.90 Å². The third kappa shape index (κ3) is 7.10. The maximum Gasteiger partial charge on any atom is 0.411 e. The highest BCUT2D eigenvalue weighted by Crippen LogP contribution is 2.20. The Kier molecular flexibility index (Phi) is 7.86. The molecule has 0 bridgehead atoms. The molecule has 0 aliphatic heterocycles. The third-order valence-electron chi connectivity index (χ3n) is 4.38. The lowest BCUT2D eigenvalue weighted by Gasteiger charge is -2.34. The molecule has 0 saturated carbocycles. The van der Waals surface area contributed by atoms with Crippen molar-refractivity contribution in [2.24, 2.45) is 0 Å². The molecule has 0 spiro atoms. The van der Waals surface area contributed by atoms with Gasteiger partial charge in [0.25, 0.3) is 0 Å². The van der Waals surface area contributed by atoms with E-state index in [1.165, 1.54) is 4.90 Å². The Morgan fingerprint density at radius 3 is 2.07 bits per heavy atom. The van der Waals surface area contributed by atoms with Crippen LogP contribution < -0.4 is 4.74 Å². The zero-order valence-corrected chi connectivity index (χ0v) is 18.3. The SMILES string of the molecule is CC(C)N(C(=O)OC(C)(C)C)C(Cc1ccc(OCc2ccccc2)cc1)C(=O)O. The molecular formula is C24H31NO5. The van der Waals surface area contributed by atoms with Gasteiger partial charge in [0.2, 0.25) is 0 Å². The quantitative estimate of drug-likeness (QED) is 0.666. The lowest BCUT2D eigenvalue weighted by molar-refractivity contribution is -0.143. The smallest absolute Gasteiger partial charge is 0.411 e. The molecule has 0 saturated heterocycles. The molecule has 1 atom stereocenters. The lowest BCUT2D eigenvalue weighted by atomic mass is 10.0. The summed E-state index contributed by atoms with van der Waals surface area (Å²) < 4.78 is 11.2. The molecule has 0 fully saturated rings. The van der Waals surface area contributed by atoms with Crippen molar-refractivity contribution < 1.29 is 24.2 Å². The summed E-state index contributed by atoms with van der Waals surface area (Å²) in [5.41, 5.74) is 1.16. The van der Waals surface area contributed by atoms with Crippen LogP contribution in [0.1, 0.15) is 45.7 Å². The minimum absolute atomic E-state index is 0.172. The summed E-state index contributed by atoms with van der Waals surface area (Å²) in [7, 11) is 0. The molecule has 1 unspecified atom stereocenters. The van der Waals surface area contributed by atoms with Crippen LogP contribution in [0.5, 0.6) is 5.75 Å². The highest BCUT2D eigenvalue weighted by Gasteiger charge is 2.34. The first-order chi connectivity index (χ1) is 14.1. The van der Waals surface area contributed by atoms with Crippen LogP contribution in [0.3, 0.4) is 0 Å². The van der Waals surface area contributed by atoms with Gasteiger partial charge in [0.15, 0.2) is 0 Å². The van der Waals surface area contributed by atoms with Crippen molar-refractivity contribution in [3.05, 3.63) is 65.7 Å². The van der Waals surface area contributed by atoms with Gasteiger partial charge in [0, 0.05) is 12.5 Å². The van der Waals surface area contributed by atoms with Crippen LogP contribution in [0.2, 0.25) is 0 Å². The van der Waals surface area contributed by atoms with Crippen LogP contribution in [0, 0.1) is 0 Å². The predicted octanol–water partition coefficient (Wildman–Crippen LogP) is 4.91. The molecule has 30 heavy (non-hydrogen) atoms. The van der Waals surface area contributed by atoms with Gasteiger partial charge in [-0.1, -0.05) is 42.5 Å². The number of nitrogens with zero attached hydrogens (tertiary/aromatic N) is 1. The van der Waals surface area contributed by atoms with Gasteiger partial charge < -0.3 is 14.6 Å². The average molecular weight is 414 g/mol. The van der Waals surface area contributed by atoms with Gasteiger partial charge in [0.05, 0.1) is 0 Å². The number of ether oxygens (including phenoxy) is 2. The predicted molar refractivity (Wildman–Crippen MR) is 116 cm³/mol. The molecule has 0 aromatic heterocycles. The van der Waals surface area contributed by atoms with E-state index in [2.05, 4.69) is 0 Å². The summed E-state index contributed by atoms with van der Waals surface area (Å²) in [6.07, 6.45) is -0.459. The van der Waals surface area contributed by atoms with E-state index in [0.29, 0.717) is 12.4 Å². The number of aliphatic carboxylic acids is 1. The monoisotopic (exact) mass is 413 g/mol. The van der Waals surface area contributed by atoms with Crippen molar-refractivity contribution in [1.29, 1.82) is 0 Å². The van der Waals surface area contributed by atoms with E-state index in [4.69, 9.17) is 9.47 Å². The van der Waals surface area contributed by atoms with E-state index in [9.17, 15) is 14.7 Å². The number of benzene rings is 2. The van der Waals surface area contributed by atoms with E-state index in [1.807, 2.05) is 54.6 Å². The van der Waals surface area contributed by atoms with E-state index >= 15 is 0 Å². The molecule has 2 rings (SSSR count). The second-order valence-electron chi connectivity index (χ2n) is 8.46. The molecule has 6 heteroatoms. The Hall–Kier alpha value is -3.02.